The maximum absolute atomic E-state index is 10.3. The second kappa shape index (κ2) is 5.30. The number of nitrogens with one attached hydrogen (secondary N) is 1. The minimum atomic E-state index is -0.495. The summed E-state index contributed by atoms with van der Waals surface area (Å²) in [6.07, 6.45) is 3.81. The number of aliphatic hydroxyl groups is 1. The normalized spacial score (nSPS) is 25.6. The number of benzene rings is 1. The summed E-state index contributed by atoms with van der Waals surface area (Å²) in [6.45, 7) is 1.78. The van der Waals surface area contributed by atoms with Crippen LogP contribution in [-0.2, 0) is 6.42 Å². The summed E-state index contributed by atoms with van der Waals surface area (Å²) in [5, 5.41) is 13.6. The van der Waals surface area contributed by atoms with E-state index in [1.54, 1.807) is 0 Å². The Hall–Kier alpha value is -0.380. The number of piperidine rings is 1. The van der Waals surface area contributed by atoms with Crippen molar-refractivity contribution in [1.29, 1.82) is 0 Å². The molecule has 0 aromatic heterocycles. The van der Waals surface area contributed by atoms with Gasteiger partial charge >= 0.3 is 0 Å². The smallest absolute Gasteiger partial charge is 0.0775 e. The van der Waals surface area contributed by atoms with Crippen molar-refractivity contribution in [2.75, 3.05) is 13.1 Å². The second-order valence-corrected chi connectivity index (χ2v) is 5.55. The first-order valence-corrected chi connectivity index (χ1v) is 6.65. The fraction of sp³-hybridized carbons (Fsp3) is 0.538. The van der Waals surface area contributed by atoms with Crippen LogP contribution in [0.3, 0.4) is 0 Å². The molecule has 1 heterocycles. The number of rotatable bonds is 3. The van der Waals surface area contributed by atoms with Gasteiger partial charge in [0, 0.05) is 11.0 Å². The highest BCUT2D eigenvalue weighted by atomic mass is 79.9. The third-order valence-corrected chi connectivity index (χ3v) is 3.77. The molecule has 1 aromatic carbocycles. The molecule has 0 bridgehead atoms. The molecule has 3 heteroatoms. The summed E-state index contributed by atoms with van der Waals surface area (Å²) in [6, 6.07) is 8.34. The Labute approximate surface area is 105 Å². The average molecular weight is 284 g/mol. The molecule has 0 saturated carbocycles. The van der Waals surface area contributed by atoms with Gasteiger partial charge in [-0.25, -0.2) is 0 Å². The van der Waals surface area contributed by atoms with Crippen LogP contribution in [0.15, 0.2) is 28.7 Å². The third-order valence-electron chi connectivity index (χ3n) is 3.24. The Kier molecular flexibility index (Phi) is 4.00. The van der Waals surface area contributed by atoms with Gasteiger partial charge in [0.05, 0.1) is 5.60 Å². The first-order chi connectivity index (χ1) is 7.68. The van der Waals surface area contributed by atoms with E-state index in [2.05, 4.69) is 45.5 Å². The second-order valence-electron chi connectivity index (χ2n) is 4.63. The van der Waals surface area contributed by atoms with E-state index >= 15 is 0 Å². The van der Waals surface area contributed by atoms with Gasteiger partial charge in [-0.1, -0.05) is 28.1 Å². The van der Waals surface area contributed by atoms with E-state index in [0.29, 0.717) is 0 Å². The largest absolute Gasteiger partial charge is 0.389 e. The van der Waals surface area contributed by atoms with Crippen LogP contribution in [0.4, 0.5) is 0 Å². The molecule has 1 fully saturated rings. The molecule has 88 valence electrons. The van der Waals surface area contributed by atoms with E-state index in [1.165, 1.54) is 5.56 Å². The highest BCUT2D eigenvalue weighted by Crippen LogP contribution is 2.22. The van der Waals surface area contributed by atoms with Crippen molar-refractivity contribution in [3.63, 3.8) is 0 Å². The molecule has 1 aromatic rings. The Morgan fingerprint density at radius 1 is 1.31 bits per heavy atom. The molecule has 1 aliphatic rings. The van der Waals surface area contributed by atoms with Crippen LogP contribution in [-0.4, -0.2) is 23.8 Å². The lowest BCUT2D eigenvalue weighted by atomic mass is 9.88. The van der Waals surface area contributed by atoms with Gasteiger partial charge in [-0.05, 0) is 49.9 Å². The highest BCUT2D eigenvalue weighted by Gasteiger charge is 2.28. The summed E-state index contributed by atoms with van der Waals surface area (Å²) >= 11 is 3.42. The third kappa shape index (κ3) is 3.30. The van der Waals surface area contributed by atoms with Gasteiger partial charge in [0.2, 0.25) is 0 Å². The Morgan fingerprint density at radius 3 is 2.69 bits per heavy atom. The van der Waals surface area contributed by atoms with Gasteiger partial charge in [-0.3, -0.25) is 0 Å². The van der Waals surface area contributed by atoms with Crippen LogP contribution < -0.4 is 5.32 Å². The minimum absolute atomic E-state index is 0.495. The predicted octanol–water partition coefficient (Wildman–Crippen LogP) is 2.50. The number of β-amino-alcohol motifs (C(OH)–C–C–N with tert-alkyl or cyclic N) is 1. The lowest BCUT2D eigenvalue weighted by Crippen LogP contribution is -2.45. The van der Waals surface area contributed by atoms with Crippen LogP contribution in [0.5, 0.6) is 0 Å². The Bertz CT molecular complexity index is 330. The van der Waals surface area contributed by atoms with Gasteiger partial charge < -0.3 is 10.4 Å². The van der Waals surface area contributed by atoms with E-state index in [9.17, 15) is 5.11 Å². The summed E-state index contributed by atoms with van der Waals surface area (Å²) in [4.78, 5) is 0. The van der Waals surface area contributed by atoms with Crippen molar-refractivity contribution in [3.8, 4) is 0 Å². The number of hydrogen-bond acceptors (Lipinski definition) is 2. The summed E-state index contributed by atoms with van der Waals surface area (Å²) in [7, 11) is 0. The lowest BCUT2D eigenvalue weighted by Gasteiger charge is -2.32. The van der Waals surface area contributed by atoms with Gasteiger partial charge in [-0.2, -0.15) is 0 Å². The topological polar surface area (TPSA) is 32.3 Å². The molecule has 2 nitrogen and oxygen atoms in total. The minimum Gasteiger partial charge on any atom is -0.389 e. The van der Waals surface area contributed by atoms with Crippen molar-refractivity contribution in [2.45, 2.75) is 31.3 Å². The lowest BCUT2D eigenvalue weighted by molar-refractivity contribution is 0.00888. The predicted molar refractivity (Wildman–Crippen MR) is 69.5 cm³/mol. The van der Waals surface area contributed by atoms with E-state index < -0.39 is 5.60 Å². The van der Waals surface area contributed by atoms with E-state index in [4.69, 9.17) is 0 Å². The van der Waals surface area contributed by atoms with Crippen LogP contribution in [0.2, 0.25) is 0 Å². The first kappa shape index (κ1) is 12.1. The SMILES string of the molecule is OC1(CCc2ccc(Br)cc2)CCCNC1. The zero-order chi connectivity index (χ0) is 11.4. The molecule has 16 heavy (non-hydrogen) atoms. The first-order valence-electron chi connectivity index (χ1n) is 5.86. The van der Waals surface area contributed by atoms with Crippen LogP contribution in [0, 0.1) is 0 Å². The maximum Gasteiger partial charge on any atom is 0.0775 e. The monoisotopic (exact) mass is 283 g/mol. The molecule has 1 unspecified atom stereocenters. The standard InChI is InChI=1S/C13H18BrNO/c14-12-4-2-11(3-5-12)6-8-13(16)7-1-9-15-10-13/h2-5,15-16H,1,6-10H2. The van der Waals surface area contributed by atoms with E-state index in [0.717, 1.165) is 43.2 Å². The summed E-state index contributed by atoms with van der Waals surface area (Å²) < 4.78 is 1.11. The van der Waals surface area contributed by atoms with Gasteiger partial charge in [-0.15, -0.1) is 0 Å². The number of aryl methyl sites for hydroxylation is 1. The number of halogens is 1. The molecule has 0 radical (unpaired) electrons. The van der Waals surface area contributed by atoms with Crippen molar-refractivity contribution >= 4 is 15.9 Å². The van der Waals surface area contributed by atoms with Crippen molar-refractivity contribution < 1.29 is 5.11 Å². The Balaban J connectivity index is 1.88. The zero-order valence-electron chi connectivity index (χ0n) is 9.38. The van der Waals surface area contributed by atoms with E-state index in [-0.39, 0.29) is 0 Å². The fourth-order valence-corrected chi connectivity index (χ4v) is 2.46. The van der Waals surface area contributed by atoms with Crippen LogP contribution in [0.1, 0.15) is 24.8 Å². The van der Waals surface area contributed by atoms with Crippen molar-refractivity contribution in [3.05, 3.63) is 34.3 Å². The molecular weight excluding hydrogens is 266 g/mol. The van der Waals surface area contributed by atoms with Crippen LogP contribution in [0.25, 0.3) is 0 Å². The number of hydrogen-bond donors (Lipinski definition) is 2. The summed E-state index contributed by atoms with van der Waals surface area (Å²) in [5.74, 6) is 0. The molecular formula is C13H18BrNO. The quantitative estimate of drug-likeness (QED) is 0.894. The van der Waals surface area contributed by atoms with Gasteiger partial charge in [0.15, 0.2) is 0 Å². The molecule has 0 spiro atoms. The molecule has 1 saturated heterocycles. The zero-order valence-corrected chi connectivity index (χ0v) is 11.0. The Morgan fingerprint density at radius 2 is 2.06 bits per heavy atom. The molecule has 2 N–H and O–H groups in total. The van der Waals surface area contributed by atoms with Crippen molar-refractivity contribution in [1.82, 2.24) is 5.32 Å². The highest BCUT2D eigenvalue weighted by molar-refractivity contribution is 9.10. The van der Waals surface area contributed by atoms with Gasteiger partial charge in [0.1, 0.15) is 0 Å². The fourth-order valence-electron chi connectivity index (χ4n) is 2.19. The maximum atomic E-state index is 10.3. The van der Waals surface area contributed by atoms with E-state index in [1.807, 2.05) is 0 Å². The summed E-state index contributed by atoms with van der Waals surface area (Å²) in [5.41, 5.74) is 0.799. The molecule has 1 atom stereocenters. The molecule has 2 rings (SSSR count). The van der Waals surface area contributed by atoms with Crippen LogP contribution >= 0.6 is 15.9 Å². The average Bonchev–Trinajstić information content (AvgIpc) is 2.29. The van der Waals surface area contributed by atoms with Gasteiger partial charge in [0.25, 0.3) is 0 Å². The van der Waals surface area contributed by atoms with Crippen molar-refractivity contribution in [2.24, 2.45) is 0 Å². The molecule has 1 aliphatic heterocycles. The molecule has 0 aliphatic carbocycles. The molecule has 0 amide bonds.